The number of fused-ring (bicyclic) bond motifs is 2. The Morgan fingerprint density at radius 1 is 1.25 bits per heavy atom. The van der Waals surface area contributed by atoms with Crippen LogP contribution >= 0.6 is 0 Å². The molecule has 2 aliphatic rings. The van der Waals surface area contributed by atoms with Gasteiger partial charge in [0, 0.05) is 12.1 Å². The molecule has 1 aromatic carbocycles. The van der Waals surface area contributed by atoms with Crippen molar-refractivity contribution in [1.29, 1.82) is 0 Å². The summed E-state index contributed by atoms with van der Waals surface area (Å²) in [5, 5.41) is 10.1. The van der Waals surface area contributed by atoms with Crippen LogP contribution in [0.3, 0.4) is 0 Å². The summed E-state index contributed by atoms with van der Waals surface area (Å²) in [6, 6.07) is 3.91. The summed E-state index contributed by atoms with van der Waals surface area (Å²) in [4.78, 5) is 1.93. The first-order valence-corrected chi connectivity index (χ1v) is 5.56. The van der Waals surface area contributed by atoms with E-state index in [1.54, 1.807) is 0 Å². The minimum atomic E-state index is -0.528. The van der Waals surface area contributed by atoms with E-state index in [0.29, 0.717) is 13.2 Å². The van der Waals surface area contributed by atoms with Crippen molar-refractivity contribution in [3.8, 4) is 11.5 Å². The molecule has 3 rings (SSSR count). The highest BCUT2D eigenvalue weighted by Crippen LogP contribution is 2.37. The fourth-order valence-electron chi connectivity index (χ4n) is 2.26. The van der Waals surface area contributed by atoms with Crippen molar-refractivity contribution in [3.05, 3.63) is 23.3 Å². The first-order chi connectivity index (χ1) is 7.75. The summed E-state index contributed by atoms with van der Waals surface area (Å²) in [5.74, 6) is 1.56. The zero-order chi connectivity index (χ0) is 11.1. The third-order valence-electron chi connectivity index (χ3n) is 3.23. The van der Waals surface area contributed by atoms with Crippen molar-refractivity contribution in [3.63, 3.8) is 0 Å². The largest absolute Gasteiger partial charge is 0.486 e. The molecule has 1 N–H and O–H groups in total. The third-order valence-corrected chi connectivity index (χ3v) is 3.23. The molecule has 1 atom stereocenters. The van der Waals surface area contributed by atoms with Crippen LogP contribution in [0, 0.1) is 0 Å². The molecular formula is C12H15NO3. The molecule has 86 valence electrons. The van der Waals surface area contributed by atoms with E-state index in [4.69, 9.17) is 9.47 Å². The van der Waals surface area contributed by atoms with Gasteiger partial charge in [-0.3, -0.25) is 4.90 Å². The van der Waals surface area contributed by atoms with Crippen molar-refractivity contribution in [1.82, 2.24) is 4.90 Å². The van der Waals surface area contributed by atoms with Crippen LogP contribution in [0.5, 0.6) is 11.5 Å². The molecule has 0 aliphatic carbocycles. The molecule has 2 heterocycles. The van der Waals surface area contributed by atoms with Gasteiger partial charge in [-0.15, -0.1) is 0 Å². The molecule has 0 saturated heterocycles. The van der Waals surface area contributed by atoms with Gasteiger partial charge in [0.15, 0.2) is 11.5 Å². The fourth-order valence-corrected chi connectivity index (χ4v) is 2.26. The molecule has 0 fully saturated rings. The minimum Gasteiger partial charge on any atom is -0.486 e. The summed E-state index contributed by atoms with van der Waals surface area (Å²) < 4.78 is 11.0. The Balaban J connectivity index is 2.06. The maximum absolute atomic E-state index is 10.1. The zero-order valence-electron chi connectivity index (χ0n) is 9.27. The molecular weight excluding hydrogens is 206 g/mol. The average molecular weight is 221 g/mol. The smallest absolute Gasteiger partial charge is 0.161 e. The second-order valence-corrected chi connectivity index (χ2v) is 4.30. The highest BCUT2D eigenvalue weighted by molar-refractivity contribution is 5.49. The van der Waals surface area contributed by atoms with Gasteiger partial charge >= 0.3 is 0 Å². The quantitative estimate of drug-likeness (QED) is 0.708. The first-order valence-electron chi connectivity index (χ1n) is 5.56. The third kappa shape index (κ3) is 1.45. The number of likely N-dealkylation sites (N-methyl/N-ethyl adjacent to an activating group) is 1. The first kappa shape index (κ1) is 9.93. The van der Waals surface area contributed by atoms with E-state index in [1.807, 2.05) is 24.1 Å². The van der Waals surface area contributed by atoms with Crippen molar-refractivity contribution in [2.24, 2.45) is 0 Å². The van der Waals surface area contributed by atoms with Crippen LogP contribution in [0.1, 0.15) is 17.4 Å². The molecule has 2 aliphatic heterocycles. The maximum atomic E-state index is 10.1. The number of aliphatic hydroxyl groups excluding tert-OH is 1. The van der Waals surface area contributed by atoms with E-state index in [0.717, 1.165) is 35.6 Å². The Kier molecular flexibility index (Phi) is 2.26. The van der Waals surface area contributed by atoms with Crippen molar-refractivity contribution < 1.29 is 14.6 Å². The van der Waals surface area contributed by atoms with Crippen LogP contribution in [-0.2, 0) is 6.42 Å². The lowest BCUT2D eigenvalue weighted by molar-refractivity contribution is 0.0122. The lowest BCUT2D eigenvalue weighted by atomic mass is 9.97. The number of rotatable bonds is 0. The predicted octanol–water partition coefficient (Wildman–Crippen LogP) is 0.937. The van der Waals surface area contributed by atoms with Crippen molar-refractivity contribution >= 4 is 0 Å². The number of ether oxygens (including phenoxy) is 2. The van der Waals surface area contributed by atoms with Gasteiger partial charge in [0.1, 0.15) is 19.4 Å². The lowest BCUT2D eigenvalue weighted by Gasteiger charge is -2.32. The number of nitrogens with zero attached hydrogens (tertiary/aromatic N) is 1. The molecule has 4 heteroatoms. The van der Waals surface area contributed by atoms with Gasteiger partial charge in [0.25, 0.3) is 0 Å². The van der Waals surface area contributed by atoms with Gasteiger partial charge in [-0.2, -0.15) is 0 Å². The minimum absolute atomic E-state index is 0.528. The van der Waals surface area contributed by atoms with E-state index in [1.165, 1.54) is 0 Å². The second kappa shape index (κ2) is 3.64. The molecule has 1 unspecified atom stereocenters. The van der Waals surface area contributed by atoms with Gasteiger partial charge in [-0.05, 0) is 31.2 Å². The van der Waals surface area contributed by atoms with Gasteiger partial charge in [-0.25, -0.2) is 0 Å². The van der Waals surface area contributed by atoms with E-state index in [9.17, 15) is 5.11 Å². The molecule has 0 spiro atoms. The standard InChI is InChI=1S/C12H15NO3/c1-13-3-2-8-6-10-11(16-5-4-15-10)7-9(8)12(13)14/h6-7,12,14H,2-5H2,1H3. The molecule has 4 nitrogen and oxygen atoms in total. The number of hydrogen-bond donors (Lipinski definition) is 1. The fraction of sp³-hybridized carbons (Fsp3) is 0.500. The van der Waals surface area contributed by atoms with Gasteiger partial charge in [0.2, 0.25) is 0 Å². The van der Waals surface area contributed by atoms with Crippen LogP contribution in [0.2, 0.25) is 0 Å². The molecule has 0 bridgehead atoms. The van der Waals surface area contributed by atoms with Crippen molar-refractivity contribution in [2.75, 3.05) is 26.8 Å². The molecule has 0 amide bonds. The average Bonchev–Trinajstić information content (AvgIpc) is 2.32. The topological polar surface area (TPSA) is 41.9 Å². The second-order valence-electron chi connectivity index (χ2n) is 4.30. The van der Waals surface area contributed by atoms with Crippen LogP contribution in [0.25, 0.3) is 0 Å². The normalized spacial score (nSPS) is 24.0. The molecule has 0 aromatic heterocycles. The van der Waals surface area contributed by atoms with Crippen LogP contribution in [0.4, 0.5) is 0 Å². The van der Waals surface area contributed by atoms with E-state index >= 15 is 0 Å². The number of benzene rings is 1. The summed E-state index contributed by atoms with van der Waals surface area (Å²) in [6.07, 6.45) is 0.416. The van der Waals surface area contributed by atoms with Crippen LogP contribution < -0.4 is 9.47 Å². The Morgan fingerprint density at radius 3 is 2.69 bits per heavy atom. The summed E-state index contributed by atoms with van der Waals surface area (Å²) in [6.45, 7) is 2.06. The highest BCUT2D eigenvalue weighted by Gasteiger charge is 2.25. The maximum Gasteiger partial charge on any atom is 0.161 e. The lowest BCUT2D eigenvalue weighted by Crippen LogP contribution is -2.32. The molecule has 0 saturated carbocycles. The Labute approximate surface area is 94.4 Å². The molecule has 16 heavy (non-hydrogen) atoms. The Hall–Kier alpha value is -1.26. The van der Waals surface area contributed by atoms with Crippen LogP contribution in [-0.4, -0.2) is 36.8 Å². The van der Waals surface area contributed by atoms with E-state index in [2.05, 4.69) is 0 Å². The SMILES string of the molecule is CN1CCc2cc3c(cc2C1O)OCCO3. The molecule has 0 radical (unpaired) electrons. The summed E-state index contributed by atoms with van der Waals surface area (Å²) in [7, 11) is 1.92. The van der Waals surface area contributed by atoms with E-state index in [-0.39, 0.29) is 0 Å². The monoisotopic (exact) mass is 221 g/mol. The molecule has 1 aromatic rings. The van der Waals surface area contributed by atoms with Gasteiger partial charge in [-0.1, -0.05) is 0 Å². The summed E-state index contributed by atoms with van der Waals surface area (Å²) >= 11 is 0. The summed E-state index contributed by atoms with van der Waals surface area (Å²) in [5.41, 5.74) is 2.10. The number of aliphatic hydroxyl groups is 1. The van der Waals surface area contributed by atoms with Gasteiger partial charge < -0.3 is 14.6 Å². The van der Waals surface area contributed by atoms with Gasteiger partial charge in [0.05, 0.1) is 0 Å². The van der Waals surface area contributed by atoms with E-state index < -0.39 is 6.23 Å². The van der Waals surface area contributed by atoms with Crippen molar-refractivity contribution in [2.45, 2.75) is 12.6 Å². The Bertz CT molecular complexity index is 419. The Morgan fingerprint density at radius 2 is 1.94 bits per heavy atom. The zero-order valence-corrected chi connectivity index (χ0v) is 9.27. The number of hydrogen-bond acceptors (Lipinski definition) is 4. The highest BCUT2D eigenvalue weighted by atomic mass is 16.6. The predicted molar refractivity (Wildman–Crippen MR) is 58.7 cm³/mol. The van der Waals surface area contributed by atoms with Crippen LogP contribution in [0.15, 0.2) is 12.1 Å².